The van der Waals surface area contributed by atoms with Crippen LogP contribution in [0.15, 0.2) is 0 Å². The predicted molar refractivity (Wildman–Crippen MR) is 55.1 cm³/mol. The van der Waals surface area contributed by atoms with E-state index in [-0.39, 0.29) is 24.4 Å². The van der Waals surface area contributed by atoms with Crippen molar-refractivity contribution in [3.05, 3.63) is 0 Å². The van der Waals surface area contributed by atoms with Crippen molar-refractivity contribution in [3.63, 3.8) is 0 Å². The highest BCUT2D eigenvalue weighted by molar-refractivity contribution is 5.77. The lowest BCUT2D eigenvalue weighted by atomic mass is 10.1. The van der Waals surface area contributed by atoms with Crippen molar-refractivity contribution in [2.75, 3.05) is 27.3 Å². The highest BCUT2D eigenvalue weighted by atomic mass is 16.5. The maximum absolute atomic E-state index is 11.4. The minimum atomic E-state index is -0.322. The molecule has 0 fully saturated rings. The van der Waals surface area contributed by atoms with E-state index in [0.29, 0.717) is 19.4 Å². The van der Waals surface area contributed by atoms with Crippen LogP contribution in [0.4, 0.5) is 0 Å². The van der Waals surface area contributed by atoms with Gasteiger partial charge in [-0.1, -0.05) is 6.92 Å². The number of esters is 1. The second-order valence-electron chi connectivity index (χ2n) is 3.53. The molecule has 15 heavy (non-hydrogen) atoms. The van der Waals surface area contributed by atoms with Crippen LogP contribution in [0, 0.1) is 5.92 Å². The van der Waals surface area contributed by atoms with E-state index >= 15 is 0 Å². The second-order valence-corrected chi connectivity index (χ2v) is 3.53. The third-order valence-corrected chi connectivity index (χ3v) is 2.13. The highest BCUT2D eigenvalue weighted by Crippen LogP contribution is 2.03. The van der Waals surface area contributed by atoms with Gasteiger partial charge in [-0.25, -0.2) is 0 Å². The maximum Gasteiger partial charge on any atom is 0.310 e. The first-order chi connectivity index (χ1) is 7.02. The van der Waals surface area contributed by atoms with Crippen LogP contribution in [-0.2, 0) is 14.3 Å². The Labute approximate surface area is 90.0 Å². The Morgan fingerprint density at radius 1 is 1.47 bits per heavy atom. The Balaban J connectivity index is 3.95. The van der Waals surface area contributed by atoms with Crippen molar-refractivity contribution in [1.29, 1.82) is 0 Å². The number of amides is 1. The van der Waals surface area contributed by atoms with Crippen molar-refractivity contribution in [2.24, 2.45) is 5.92 Å². The number of hydrogen-bond acceptors (Lipinski definition) is 4. The molecule has 0 spiro atoms. The average molecular weight is 217 g/mol. The molecule has 0 aliphatic carbocycles. The molecule has 0 radical (unpaired) electrons. The molecule has 0 aliphatic heterocycles. The van der Waals surface area contributed by atoms with Gasteiger partial charge in [0.2, 0.25) is 5.91 Å². The molecule has 0 saturated heterocycles. The number of hydrogen-bond donors (Lipinski definition) is 1. The van der Waals surface area contributed by atoms with Gasteiger partial charge in [0.1, 0.15) is 0 Å². The maximum atomic E-state index is 11.4. The first kappa shape index (κ1) is 13.9. The van der Waals surface area contributed by atoms with Gasteiger partial charge in [-0.05, 0) is 6.42 Å². The van der Waals surface area contributed by atoms with Gasteiger partial charge in [-0.2, -0.15) is 0 Å². The molecule has 1 unspecified atom stereocenters. The summed E-state index contributed by atoms with van der Waals surface area (Å²) in [5, 5.41) is 8.56. The minimum absolute atomic E-state index is 0.00609. The average Bonchev–Trinajstić information content (AvgIpc) is 2.24. The summed E-state index contributed by atoms with van der Waals surface area (Å²) >= 11 is 0. The lowest BCUT2D eigenvalue weighted by molar-refractivity contribution is -0.146. The largest absolute Gasteiger partial charge is 0.469 e. The van der Waals surface area contributed by atoms with E-state index in [1.165, 1.54) is 12.0 Å². The summed E-state index contributed by atoms with van der Waals surface area (Å²) in [6.45, 7) is 2.06. The molecule has 1 atom stereocenters. The summed E-state index contributed by atoms with van der Waals surface area (Å²) in [5.41, 5.74) is 0. The van der Waals surface area contributed by atoms with E-state index in [9.17, 15) is 9.59 Å². The molecule has 1 N–H and O–H groups in total. The molecule has 0 bridgehead atoms. The van der Waals surface area contributed by atoms with Crippen LogP contribution < -0.4 is 0 Å². The fraction of sp³-hybridized carbons (Fsp3) is 0.800. The lowest BCUT2D eigenvalue weighted by Crippen LogP contribution is -2.34. The molecule has 0 rings (SSSR count). The quantitative estimate of drug-likeness (QED) is 0.637. The Bertz CT molecular complexity index is 217. The molecule has 0 aromatic rings. The zero-order chi connectivity index (χ0) is 11.8. The van der Waals surface area contributed by atoms with Crippen LogP contribution in [0.1, 0.15) is 19.8 Å². The molecule has 0 heterocycles. The first-order valence-corrected chi connectivity index (χ1v) is 4.95. The standard InChI is InChI=1S/C10H19NO4/c1-8(10(14)15-3)7-11(2)9(13)5-4-6-12/h8,12H,4-7H2,1-3H3. The molecule has 5 nitrogen and oxygen atoms in total. The first-order valence-electron chi connectivity index (χ1n) is 4.95. The number of methoxy groups -OCH3 is 1. The van der Waals surface area contributed by atoms with Gasteiger partial charge < -0.3 is 14.7 Å². The highest BCUT2D eigenvalue weighted by Gasteiger charge is 2.18. The molecule has 0 aromatic carbocycles. The van der Waals surface area contributed by atoms with Crippen molar-refractivity contribution < 1.29 is 19.4 Å². The van der Waals surface area contributed by atoms with Gasteiger partial charge in [0.25, 0.3) is 0 Å². The normalized spacial score (nSPS) is 12.0. The zero-order valence-corrected chi connectivity index (χ0v) is 9.52. The number of nitrogens with zero attached hydrogens (tertiary/aromatic N) is 1. The van der Waals surface area contributed by atoms with Crippen molar-refractivity contribution >= 4 is 11.9 Å². The Morgan fingerprint density at radius 3 is 2.53 bits per heavy atom. The summed E-state index contributed by atoms with van der Waals surface area (Å²) in [6.07, 6.45) is 0.761. The van der Waals surface area contributed by atoms with Gasteiger partial charge in [-0.3, -0.25) is 9.59 Å². The summed E-state index contributed by atoms with van der Waals surface area (Å²) < 4.78 is 4.56. The SMILES string of the molecule is COC(=O)C(C)CN(C)C(=O)CCCO. The number of carbonyl (C=O) groups excluding carboxylic acids is 2. The fourth-order valence-corrected chi connectivity index (χ4v) is 1.21. The van der Waals surface area contributed by atoms with Crippen LogP contribution in [0.5, 0.6) is 0 Å². The van der Waals surface area contributed by atoms with Crippen LogP contribution in [0.3, 0.4) is 0 Å². The molecule has 88 valence electrons. The van der Waals surface area contributed by atoms with Crippen LogP contribution >= 0.6 is 0 Å². The van der Waals surface area contributed by atoms with Gasteiger partial charge >= 0.3 is 5.97 Å². The Hall–Kier alpha value is -1.10. The summed E-state index contributed by atoms with van der Waals surface area (Å²) in [4.78, 5) is 24.0. The summed E-state index contributed by atoms with van der Waals surface area (Å²) in [5.74, 6) is -0.713. The van der Waals surface area contributed by atoms with E-state index in [4.69, 9.17) is 5.11 Å². The van der Waals surface area contributed by atoms with Crippen LogP contribution in [0.2, 0.25) is 0 Å². The molecule has 0 aromatic heterocycles. The van der Waals surface area contributed by atoms with Crippen molar-refractivity contribution in [1.82, 2.24) is 4.90 Å². The monoisotopic (exact) mass is 217 g/mol. The minimum Gasteiger partial charge on any atom is -0.469 e. The number of rotatable bonds is 6. The number of aliphatic hydroxyl groups excluding tert-OH is 1. The molecular formula is C10H19NO4. The second kappa shape index (κ2) is 7.23. The Kier molecular flexibility index (Phi) is 6.70. The van der Waals surface area contributed by atoms with Gasteiger partial charge in [-0.15, -0.1) is 0 Å². The van der Waals surface area contributed by atoms with E-state index in [2.05, 4.69) is 4.74 Å². The fourth-order valence-electron chi connectivity index (χ4n) is 1.21. The molecule has 0 saturated carbocycles. The smallest absolute Gasteiger partial charge is 0.310 e. The topological polar surface area (TPSA) is 66.8 Å². The van der Waals surface area contributed by atoms with Crippen molar-refractivity contribution in [3.8, 4) is 0 Å². The van der Waals surface area contributed by atoms with Gasteiger partial charge in [0.05, 0.1) is 13.0 Å². The van der Waals surface area contributed by atoms with Gasteiger partial charge in [0.15, 0.2) is 0 Å². The van der Waals surface area contributed by atoms with Crippen LogP contribution in [-0.4, -0.2) is 49.2 Å². The molecule has 0 aliphatic rings. The predicted octanol–water partition coefficient (Wildman–Crippen LogP) is 0.0264. The van der Waals surface area contributed by atoms with E-state index < -0.39 is 0 Å². The number of carbonyl (C=O) groups is 2. The van der Waals surface area contributed by atoms with Gasteiger partial charge in [0, 0.05) is 26.6 Å². The lowest BCUT2D eigenvalue weighted by Gasteiger charge is -2.20. The Morgan fingerprint density at radius 2 is 2.07 bits per heavy atom. The van der Waals surface area contributed by atoms with E-state index in [1.807, 2.05) is 0 Å². The number of ether oxygens (including phenoxy) is 1. The summed E-state index contributed by atoms with van der Waals surface area (Å²) in [6, 6.07) is 0. The van der Waals surface area contributed by atoms with E-state index in [0.717, 1.165) is 0 Å². The molecule has 5 heteroatoms. The molecular weight excluding hydrogens is 198 g/mol. The third-order valence-electron chi connectivity index (χ3n) is 2.13. The zero-order valence-electron chi connectivity index (χ0n) is 9.52. The van der Waals surface area contributed by atoms with Crippen LogP contribution in [0.25, 0.3) is 0 Å². The molecule has 1 amide bonds. The van der Waals surface area contributed by atoms with E-state index in [1.54, 1.807) is 14.0 Å². The van der Waals surface area contributed by atoms with Crippen molar-refractivity contribution in [2.45, 2.75) is 19.8 Å². The summed E-state index contributed by atoms with van der Waals surface area (Å²) in [7, 11) is 2.96. The third kappa shape index (κ3) is 5.37. The number of aliphatic hydroxyl groups is 1.